The van der Waals surface area contributed by atoms with Crippen molar-refractivity contribution < 1.29 is 4.79 Å². The molecule has 4 rings (SSSR count). The molecule has 0 spiro atoms. The van der Waals surface area contributed by atoms with Crippen molar-refractivity contribution in [1.82, 2.24) is 29.0 Å². The van der Waals surface area contributed by atoms with E-state index in [2.05, 4.69) is 21.0 Å². The predicted octanol–water partition coefficient (Wildman–Crippen LogP) is 1.45. The minimum atomic E-state index is -0.200. The molecule has 0 unspecified atom stereocenters. The first-order valence-corrected chi connectivity index (χ1v) is 8.89. The normalized spacial score (nSPS) is 14.1. The maximum atomic E-state index is 11.7. The fraction of sp³-hybridized carbons (Fsp3) is 0.368. The molecule has 1 N–H and O–H groups in total. The maximum Gasteiger partial charge on any atom is 0.331 e. The number of carbonyl (C=O) groups excluding carboxylic acids is 1. The zero-order valence-corrected chi connectivity index (χ0v) is 15.3. The molecule has 1 amide bonds. The Kier molecular flexibility index (Phi) is 5.71. The Morgan fingerprint density at radius 1 is 1.26 bits per heavy atom. The van der Waals surface area contributed by atoms with Crippen LogP contribution in [0.3, 0.4) is 0 Å². The molecule has 3 aromatic heterocycles. The molecule has 140 valence electrons. The van der Waals surface area contributed by atoms with Gasteiger partial charge in [0.25, 0.3) is 5.91 Å². The number of aromatic amines is 1. The third-order valence-electron chi connectivity index (χ3n) is 4.44. The summed E-state index contributed by atoms with van der Waals surface area (Å²) in [6.45, 7) is 1.70. The van der Waals surface area contributed by atoms with E-state index in [0.717, 1.165) is 37.2 Å². The van der Waals surface area contributed by atoms with Crippen molar-refractivity contribution in [2.24, 2.45) is 7.05 Å². The van der Waals surface area contributed by atoms with E-state index >= 15 is 0 Å². The van der Waals surface area contributed by atoms with Crippen molar-refractivity contribution in [3.63, 3.8) is 0 Å². The van der Waals surface area contributed by atoms with Gasteiger partial charge in [-0.2, -0.15) is 5.10 Å². The molecular formula is C19H22N6O2. The Balaban J connectivity index is 0.000000168. The summed E-state index contributed by atoms with van der Waals surface area (Å²) in [6, 6.07) is 1.82. The van der Waals surface area contributed by atoms with Crippen molar-refractivity contribution in [1.29, 1.82) is 0 Å². The van der Waals surface area contributed by atoms with E-state index in [1.807, 2.05) is 19.3 Å². The molecule has 1 aliphatic heterocycles. The highest BCUT2D eigenvalue weighted by molar-refractivity contribution is 5.92. The molecule has 8 heteroatoms. The number of carbonyl (C=O) groups is 1. The standard InChI is InChI=1S/C10H9N5O.C9H13NO/c1-14-6-7(5-12-14)8-4-9-11-2-3-15(9)10(16)13-8;1-2-9(11)10-7-5-3-4-6-8-10/h2-6H,1H3,(H,13,16);1H,3-8H2. The van der Waals surface area contributed by atoms with Crippen LogP contribution in [-0.2, 0) is 11.8 Å². The molecule has 1 aliphatic rings. The van der Waals surface area contributed by atoms with Crippen LogP contribution in [0, 0.1) is 12.3 Å². The quantitative estimate of drug-likeness (QED) is 0.660. The van der Waals surface area contributed by atoms with E-state index in [9.17, 15) is 9.59 Å². The lowest BCUT2D eigenvalue weighted by Crippen LogP contribution is -2.30. The molecule has 0 aromatic carbocycles. The van der Waals surface area contributed by atoms with Gasteiger partial charge in [0.1, 0.15) is 5.65 Å². The third-order valence-corrected chi connectivity index (χ3v) is 4.44. The minimum absolute atomic E-state index is 0.146. The van der Waals surface area contributed by atoms with E-state index in [0.29, 0.717) is 5.65 Å². The van der Waals surface area contributed by atoms with Gasteiger partial charge in [0.05, 0.1) is 11.9 Å². The van der Waals surface area contributed by atoms with Crippen LogP contribution in [0.15, 0.2) is 35.6 Å². The number of nitrogens with one attached hydrogen (secondary N) is 1. The molecule has 0 radical (unpaired) electrons. The molecule has 0 atom stereocenters. The number of aryl methyl sites for hydroxylation is 1. The number of aromatic nitrogens is 5. The molecule has 0 saturated carbocycles. The van der Waals surface area contributed by atoms with Crippen molar-refractivity contribution in [2.45, 2.75) is 25.7 Å². The van der Waals surface area contributed by atoms with Crippen LogP contribution in [0.5, 0.6) is 0 Å². The number of terminal acetylenes is 1. The number of hydrogen-bond acceptors (Lipinski definition) is 4. The van der Waals surface area contributed by atoms with Crippen LogP contribution < -0.4 is 5.69 Å². The first-order chi connectivity index (χ1) is 13.1. The number of nitrogens with zero attached hydrogens (tertiary/aromatic N) is 5. The Morgan fingerprint density at radius 2 is 2.00 bits per heavy atom. The SMILES string of the molecule is C#CC(=O)N1CCCCCC1.Cn1cc(-c2cc3nccn3c(=O)[nH]2)cn1. The number of rotatable bonds is 1. The second kappa shape index (κ2) is 8.36. The fourth-order valence-corrected chi connectivity index (χ4v) is 3.01. The summed E-state index contributed by atoms with van der Waals surface area (Å²) in [7, 11) is 1.83. The molecule has 4 heterocycles. The molecule has 8 nitrogen and oxygen atoms in total. The number of imidazole rings is 1. The Labute approximate surface area is 156 Å². The summed E-state index contributed by atoms with van der Waals surface area (Å²) in [5.74, 6) is 2.00. The number of fused-ring (bicyclic) bond motifs is 1. The van der Waals surface area contributed by atoms with Gasteiger partial charge in [-0.1, -0.05) is 12.8 Å². The molecule has 1 saturated heterocycles. The summed E-state index contributed by atoms with van der Waals surface area (Å²) >= 11 is 0. The topological polar surface area (TPSA) is 88.3 Å². The van der Waals surface area contributed by atoms with Crippen molar-refractivity contribution >= 4 is 11.6 Å². The van der Waals surface area contributed by atoms with Gasteiger partial charge < -0.3 is 9.88 Å². The highest BCUT2D eigenvalue weighted by Gasteiger charge is 2.12. The Hall–Kier alpha value is -3.34. The Bertz CT molecular complexity index is 1010. The maximum absolute atomic E-state index is 11.7. The second-order valence-electron chi connectivity index (χ2n) is 6.40. The molecule has 27 heavy (non-hydrogen) atoms. The minimum Gasteiger partial charge on any atom is -0.332 e. The first kappa shape index (κ1) is 18.5. The number of hydrogen-bond donors (Lipinski definition) is 1. The number of amides is 1. The van der Waals surface area contributed by atoms with Gasteiger partial charge in [-0.05, 0) is 18.8 Å². The van der Waals surface area contributed by atoms with Crippen molar-refractivity contribution in [3.05, 3.63) is 41.3 Å². The summed E-state index contributed by atoms with van der Waals surface area (Å²) in [5, 5.41) is 4.06. The van der Waals surface area contributed by atoms with Crippen LogP contribution in [0.1, 0.15) is 25.7 Å². The van der Waals surface area contributed by atoms with E-state index in [1.165, 1.54) is 17.2 Å². The molecule has 1 fully saturated rings. The van der Waals surface area contributed by atoms with Gasteiger partial charge in [-0.15, -0.1) is 6.42 Å². The molecule has 0 aliphatic carbocycles. The van der Waals surface area contributed by atoms with Crippen LogP contribution >= 0.6 is 0 Å². The highest BCUT2D eigenvalue weighted by atomic mass is 16.2. The lowest BCUT2D eigenvalue weighted by Gasteiger charge is -2.16. The van der Waals surface area contributed by atoms with Gasteiger partial charge in [0, 0.05) is 50.4 Å². The molecule has 0 bridgehead atoms. The summed E-state index contributed by atoms with van der Waals surface area (Å²) in [6.07, 6.45) is 16.4. The van der Waals surface area contributed by atoms with Gasteiger partial charge in [-0.3, -0.25) is 13.9 Å². The van der Waals surface area contributed by atoms with E-state index < -0.39 is 0 Å². The third kappa shape index (κ3) is 4.44. The van der Waals surface area contributed by atoms with Crippen molar-refractivity contribution in [3.8, 4) is 23.6 Å². The largest absolute Gasteiger partial charge is 0.332 e. The monoisotopic (exact) mass is 366 g/mol. The zero-order chi connectivity index (χ0) is 19.2. The van der Waals surface area contributed by atoms with Gasteiger partial charge in [0.2, 0.25) is 0 Å². The summed E-state index contributed by atoms with van der Waals surface area (Å²) < 4.78 is 3.14. The summed E-state index contributed by atoms with van der Waals surface area (Å²) in [5.41, 5.74) is 2.01. The van der Waals surface area contributed by atoms with Crippen LogP contribution in [0.4, 0.5) is 0 Å². The lowest BCUT2D eigenvalue weighted by atomic mass is 10.2. The summed E-state index contributed by atoms with van der Waals surface area (Å²) in [4.78, 5) is 31.3. The van der Waals surface area contributed by atoms with Crippen LogP contribution in [0.2, 0.25) is 0 Å². The average Bonchev–Trinajstić information content (AvgIpc) is 3.23. The van der Waals surface area contributed by atoms with Gasteiger partial charge in [-0.25, -0.2) is 9.78 Å². The first-order valence-electron chi connectivity index (χ1n) is 8.89. The number of likely N-dealkylation sites (tertiary alicyclic amines) is 1. The predicted molar refractivity (Wildman–Crippen MR) is 102 cm³/mol. The van der Waals surface area contributed by atoms with Crippen LogP contribution in [0.25, 0.3) is 16.9 Å². The molecular weight excluding hydrogens is 344 g/mol. The lowest BCUT2D eigenvalue weighted by molar-refractivity contribution is -0.125. The average molecular weight is 366 g/mol. The van der Waals surface area contributed by atoms with E-state index in [4.69, 9.17) is 6.42 Å². The fourth-order valence-electron chi connectivity index (χ4n) is 3.01. The van der Waals surface area contributed by atoms with Gasteiger partial charge >= 0.3 is 5.69 Å². The highest BCUT2D eigenvalue weighted by Crippen LogP contribution is 2.15. The molecule has 3 aromatic rings. The van der Waals surface area contributed by atoms with Crippen LogP contribution in [-0.4, -0.2) is 48.0 Å². The van der Waals surface area contributed by atoms with E-state index in [-0.39, 0.29) is 11.6 Å². The second-order valence-corrected chi connectivity index (χ2v) is 6.40. The van der Waals surface area contributed by atoms with E-state index in [1.54, 1.807) is 28.2 Å². The van der Waals surface area contributed by atoms with Gasteiger partial charge in [0.15, 0.2) is 0 Å². The number of H-pyrrole nitrogens is 1. The zero-order valence-electron chi connectivity index (χ0n) is 15.3. The Morgan fingerprint density at radius 3 is 2.63 bits per heavy atom. The smallest absolute Gasteiger partial charge is 0.331 e. The van der Waals surface area contributed by atoms with Crippen molar-refractivity contribution in [2.75, 3.05) is 13.1 Å².